The lowest BCUT2D eigenvalue weighted by Gasteiger charge is -2.20. The maximum atomic E-state index is 13.9. The number of rotatable bonds is 4. The normalized spacial score (nSPS) is 19.3. The van der Waals surface area contributed by atoms with Crippen LogP contribution in [-0.2, 0) is 11.2 Å². The minimum Gasteiger partial charge on any atom is -0.508 e. The molecule has 5 nitrogen and oxygen atoms in total. The summed E-state index contributed by atoms with van der Waals surface area (Å²) in [5.41, 5.74) is 1.99. The molecular formula is C21H19FN2O3. The van der Waals surface area contributed by atoms with Gasteiger partial charge in [0, 0.05) is 23.6 Å². The Kier molecular flexibility index (Phi) is 4.73. The van der Waals surface area contributed by atoms with Gasteiger partial charge in [0.25, 0.3) is 5.91 Å². The lowest BCUT2D eigenvalue weighted by Crippen LogP contribution is -2.41. The minimum atomic E-state index is -0.747. The molecular weight excluding hydrogens is 347 g/mol. The highest BCUT2D eigenvalue weighted by molar-refractivity contribution is 5.94. The third kappa shape index (κ3) is 3.61. The average Bonchev–Trinajstić information content (AvgIpc) is 3.08. The van der Waals surface area contributed by atoms with E-state index in [4.69, 9.17) is 4.74 Å². The van der Waals surface area contributed by atoms with Gasteiger partial charge in [-0.25, -0.2) is 4.39 Å². The number of hydrogen-bond acceptors (Lipinski definition) is 4. The molecule has 0 radical (unpaired) electrons. The lowest BCUT2D eigenvalue weighted by molar-refractivity contribution is 0.0921. The molecule has 27 heavy (non-hydrogen) atoms. The number of aromatic nitrogens is 1. The first-order valence-electron chi connectivity index (χ1n) is 8.81. The van der Waals surface area contributed by atoms with Crippen LogP contribution in [0.15, 0.2) is 54.7 Å². The number of phenolic OH excluding ortho intramolecular Hbond substituents is 1. The molecule has 0 saturated carbocycles. The number of carbonyl (C=O) groups is 1. The molecule has 1 saturated heterocycles. The monoisotopic (exact) mass is 366 g/mol. The number of pyridine rings is 1. The lowest BCUT2D eigenvalue weighted by atomic mass is 9.93. The molecule has 0 aliphatic carbocycles. The second-order valence-electron chi connectivity index (χ2n) is 6.73. The number of amides is 1. The molecule has 0 bridgehead atoms. The second kappa shape index (κ2) is 7.32. The summed E-state index contributed by atoms with van der Waals surface area (Å²) in [6.45, 7) is 0.915. The molecule has 1 aliphatic heterocycles. The molecule has 2 atom stereocenters. The van der Waals surface area contributed by atoms with Gasteiger partial charge in [0.1, 0.15) is 11.6 Å². The highest BCUT2D eigenvalue weighted by Gasteiger charge is 2.31. The highest BCUT2D eigenvalue weighted by Crippen LogP contribution is 2.24. The van der Waals surface area contributed by atoms with Gasteiger partial charge in [-0.05, 0) is 36.2 Å². The van der Waals surface area contributed by atoms with Gasteiger partial charge in [-0.1, -0.05) is 18.2 Å². The standard InChI is InChI=1S/C21H19FN2O3/c22-18-10-15(25)5-6-17(18)21(26)24-20-12-27-11-14(20)9-13-7-8-23-19-4-2-1-3-16(13)19/h1-8,10,14,20,25H,9,11-12H2,(H,24,26)/t14-,20+/m1/s1. The van der Waals surface area contributed by atoms with E-state index in [0.29, 0.717) is 13.2 Å². The Labute approximate surface area is 155 Å². The molecule has 6 heteroatoms. The van der Waals surface area contributed by atoms with E-state index in [1.165, 1.54) is 12.1 Å². The first-order chi connectivity index (χ1) is 13.1. The summed E-state index contributed by atoms with van der Waals surface area (Å²) in [5, 5.41) is 13.3. The van der Waals surface area contributed by atoms with Crippen LogP contribution < -0.4 is 5.32 Å². The number of nitrogens with zero attached hydrogens (tertiary/aromatic N) is 1. The van der Waals surface area contributed by atoms with Crippen LogP contribution in [0, 0.1) is 11.7 Å². The molecule has 4 rings (SSSR count). The summed E-state index contributed by atoms with van der Waals surface area (Å²) in [4.78, 5) is 16.8. The van der Waals surface area contributed by atoms with Crippen molar-refractivity contribution in [2.45, 2.75) is 12.5 Å². The molecule has 0 spiro atoms. The molecule has 1 aliphatic rings. The molecule has 138 valence electrons. The van der Waals surface area contributed by atoms with E-state index in [0.717, 1.165) is 29.0 Å². The smallest absolute Gasteiger partial charge is 0.254 e. The van der Waals surface area contributed by atoms with Gasteiger partial charge in [-0.2, -0.15) is 0 Å². The van der Waals surface area contributed by atoms with E-state index < -0.39 is 11.7 Å². The predicted octanol–water partition coefficient (Wildman–Crippen LogP) is 3.07. The third-order valence-electron chi connectivity index (χ3n) is 4.93. The Balaban J connectivity index is 1.51. The number of aromatic hydroxyl groups is 1. The first kappa shape index (κ1) is 17.4. The molecule has 3 aromatic rings. The van der Waals surface area contributed by atoms with Crippen molar-refractivity contribution in [1.82, 2.24) is 10.3 Å². The van der Waals surface area contributed by atoms with Gasteiger partial charge in [0.15, 0.2) is 0 Å². The fourth-order valence-corrected chi connectivity index (χ4v) is 3.51. The predicted molar refractivity (Wildman–Crippen MR) is 99.1 cm³/mol. The zero-order valence-electron chi connectivity index (χ0n) is 14.6. The molecule has 2 heterocycles. The number of phenols is 1. The third-order valence-corrected chi connectivity index (χ3v) is 4.93. The number of para-hydroxylation sites is 1. The number of fused-ring (bicyclic) bond motifs is 1. The second-order valence-corrected chi connectivity index (χ2v) is 6.73. The van der Waals surface area contributed by atoms with Crippen LogP contribution in [0.2, 0.25) is 0 Å². The molecule has 1 aromatic heterocycles. The highest BCUT2D eigenvalue weighted by atomic mass is 19.1. The van der Waals surface area contributed by atoms with E-state index in [2.05, 4.69) is 10.3 Å². The van der Waals surface area contributed by atoms with Crippen molar-refractivity contribution in [3.8, 4) is 5.75 Å². The van der Waals surface area contributed by atoms with Crippen LogP contribution in [0.3, 0.4) is 0 Å². The Morgan fingerprint density at radius 2 is 2.07 bits per heavy atom. The molecule has 2 aromatic carbocycles. The largest absolute Gasteiger partial charge is 0.508 e. The zero-order valence-corrected chi connectivity index (χ0v) is 14.6. The van der Waals surface area contributed by atoms with Crippen LogP contribution in [0.1, 0.15) is 15.9 Å². The van der Waals surface area contributed by atoms with Gasteiger partial charge in [0.05, 0.1) is 30.3 Å². The Morgan fingerprint density at radius 1 is 1.22 bits per heavy atom. The fourth-order valence-electron chi connectivity index (χ4n) is 3.51. The SMILES string of the molecule is O=C(N[C@H]1COC[C@H]1Cc1ccnc2ccccc12)c1ccc(O)cc1F. The number of hydrogen-bond donors (Lipinski definition) is 2. The Hall–Kier alpha value is -2.99. The van der Waals surface area contributed by atoms with Crippen molar-refractivity contribution in [2.75, 3.05) is 13.2 Å². The van der Waals surface area contributed by atoms with Crippen molar-refractivity contribution in [1.29, 1.82) is 0 Å². The summed E-state index contributed by atoms with van der Waals surface area (Å²) in [6.07, 6.45) is 2.51. The van der Waals surface area contributed by atoms with Gasteiger partial charge < -0.3 is 15.2 Å². The Bertz CT molecular complexity index is 987. The van der Waals surface area contributed by atoms with Crippen molar-refractivity contribution >= 4 is 16.8 Å². The summed E-state index contributed by atoms with van der Waals surface area (Å²) in [5.74, 6) is -1.38. The molecule has 1 amide bonds. The number of ether oxygens (including phenoxy) is 1. The molecule has 2 N–H and O–H groups in total. The quantitative estimate of drug-likeness (QED) is 0.744. The molecule has 1 fully saturated rings. The summed E-state index contributed by atoms with van der Waals surface area (Å²) < 4.78 is 19.5. The van der Waals surface area contributed by atoms with Gasteiger partial charge in [-0.3, -0.25) is 9.78 Å². The average molecular weight is 366 g/mol. The summed E-state index contributed by atoms with van der Waals surface area (Å²) in [7, 11) is 0. The van der Waals surface area contributed by atoms with Crippen molar-refractivity contribution in [3.63, 3.8) is 0 Å². The van der Waals surface area contributed by atoms with E-state index >= 15 is 0 Å². The van der Waals surface area contributed by atoms with E-state index in [1.807, 2.05) is 30.3 Å². The number of carbonyl (C=O) groups excluding carboxylic acids is 1. The van der Waals surface area contributed by atoms with Crippen LogP contribution in [0.5, 0.6) is 5.75 Å². The molecule has 0 unspecified atom stereocenters. The van der Waals surface area contributed by atoms with Crippen LogP contribution in [-0.4, -0.2) is 35.3 Å². The topological polar surface area (TPSA) is 71.5 Å². The van der Waals surface area contributed by atoms with Crippen molar-refractivity contribution in [2.24, 2.45) is 5.92 Å². The van der Waals surface area contributed by atoms with Gasteiger partial charge >= 0.3 is 0 Å². The van der Waals surface area contributed by atoms with E-state index in [1.54, 1.807) is 6.20 Å². The fraction of sp³-hybridized carbons (Fsp3) is 0.238. The first-order valence-corrected chi connectivity index (χ1v) is 8.81. The van der Waals surface area contributed by atoms with E-state index in [-0.39, 0.29) is 23.3 Å². The number of benzene rings is 2. The number of halogens is 1. The Morgan fingerprint density at radius 3 is 2.93 bits per heavy atom. The minimum absolute atomic E-state index is 0.0833. The van der Waals surface area contributed by atoms with Gasteiger partial charge in [0.2, 0.25) is 0 Å². The van der Waals surface area contributed by atoms with Crippen LogP contribution >= 0.6 is 0 Å². The maximum Gasteiger partial charge on any atom is 0.254 e. The maximum absolute atomic E-state index is 13.9. The van der Waals surface area contributed by atoms with Crippen LogP contribution in [0.4, 0.5) is 4.39 Å². The van der Waals surface area contributed by atoms with Gasteiger partial charge in [-0.15, -0.1) is 0 Å². The van der Waals surface area contributed by atoms with Crippen molar-refractivity contribution in [3.05, 3.63) is 71.7 Å². The zero-order chi connectivity index (χ0) is 18.8. The van der Waals surface area contributed by atoms with Crippen molar-refractivity contribution < 1.29 is 19.0 Å². The summed E-state index contributed by atoms with van der Waals surface area (Å²) in [6, 6.07) is 13.2. The van der Waals surface area contributed by atoms with Crippen LogP contribution in [0.25, 0.3) is 10.9 Å². The summed E-state index contributed by atoms with van der Waals surface area (Å²) >= 11 is 0. The van der Waals surface area contributed by atoms with E-state index in [9.17, 15) is 14.3 Å². The number of nitrogens with one attached hydrogen (secondary N) is 1.